The largest absolute Gasteiger partial charge is 0.0840 e. The zero-order valence-corrected chi connectivity index (χ0v) is 23.4. The van der Waals surface area contributed by atoms with Crippen LogP contribution < -0.4 is 0 Å². The van der Waals surface area contributed by atoms with Gasteiger partial charge in [-0.1, -0.05) is 158 Å². The van der Waals surface area contributed by atoms with E-state index in [1.807, 2.05) is 0 Å². The summed E-state index contributed by atoms with van der Waals surface area (Å²) < 4.78 is 0. The maximum atomic E-state index is 2.54. The highest BCUT2D eigenvalue weighted by Crippen LogP contribution is 2.43. The lowest BCUT2D eigenvalue weighted by atomic mass is 10.0. The second-order valence-corrected chi connectivity index (χ2v) is 14.0. The average Bonchev–Trinajstić information content (AvgIpc) is 3.12. The Balaban J connectivity index is 1.42. The summed E-state index contributed by atoms with van der Waals surface area (Å²) in [7, 11) is -0.183. The van der Waals surface area contributed by atoms with E-state index >= 15 is 0 Å². The summed E-state index contributed by atoms with van der Waals surface area (Å²) in [5.41, 5.74) is 4.20. The van der Waals surface area contributed by atoms with Gasteiger partial charge >= 0.3 is 0 Å². The van der Waals surface area contributed by atoms with E-state index in [1.54, 1.807) is 11.1 Å². The fourth-order valence-corrected chi connectivity index (χ4v) is 8.29. The predicted molar refractivity (Wildman–Crippen MR) is 150 cm³/mol. The van der Waals surface area contributed by atoms with Gasteiger partial charge in [0.1, 0.15) is 0 Å². The molecule has 0 fully saturated rings. The fourth-order valence-electron chi connectivity index (χ4n) is 5.64. The fraction of sp³-hybridized carbons (Fsp3) is 0.742. The first-order valence-electron chi connectivity index (χ1n) is 14.4. The molecule has 2 rings (SSSR count). The van der Waals surface area contributed by atoms with Crippen LogP contribution in [-0.2, 0) is 0 Å². The molecule has 0 aromatic rings. The second kappa shape index (κ2) is 16.7. The van der Waals surface area contributed by atoms with Crippen molar-refractivity contribution in [2.75, 3.05) is 0 Å². The smallest absolute Gasteiger partial charge is 0.0447 e. The molecule has 0 spiro atoms. The van der Waals surface area contributed by atoms with Gasteiger partial charge in [0.2, 0.25) is 0 Å². The summed E-state index contributed by atoms with van der Waals surface area (Å²) in [6.07, 6.45) is 40.2. The Bertz CT molecular complexity index is 608. The SMILES string of the molecule is CCCCCCCCCCCCCCCCCCC1=C(C)C=CC1[SiH2]C1(C)C=CC=CC1. The standard InChI is InChI=1S/C31H54Si/c1-4-5-6-7-8-9-10-11-12-13-14-15-16-17-18-20-23-29-28(2)24-25-30(29)32-31(3)26-21-19-22-27-31/h19,21-22,24-26,30H,4-18,20,23,27,32H2,1-3H3. The lowest BCUT2D eigenvalue weighted by Gasteiger charge is -2.30. The van der Waals surface area contributed by atoms with E-state index in [4.69, 9.17) is 0 Å². The normalized spacial score (nSPS) is 22.8. The average molecular weight is 455 g/mol. The van der Waals surface area contributed by atoms with Gasteiger partial charge in [-0.15, -0.1) is 0 Å². The van der Waals surface area contributed by atoms with Crippen molar-refractivity contribution in [3.05, 3.63) is 47.6 Å². The van der Waals surface area contributed by atoms with Crippen LogP contribution in [0.2, 0.25) is 10.6 Å². The first-order chi connectivity index (χ1) is 15.6. The third-order valence-corrected chi connectivity index (χ3v) is 10.5. The van der Waals surface area contributed by atoms with Gasteiger partial charge in [0.05, 0.1) is 0 Å². The molecule has 0 aromatic heterocycles. The summed E-state index contributed by atoms with van der Waals surface area (Å²) >= 11 is 0. The van der Waals surface area contributed by atoms with Gasteiger partial charge in [-0.05, 0) is 36.8 Å². The summed E-state index contributed by atoms with van der Waals surface area (Å²) in [6.45, 7) is 7.15. The Morgan fingerprint density at radius 3 is 1.81 bits per heavy atom. The summed E-state index contributed by atoms with van der Waals surface area (Å²) in [5.74, 6) is 0. The van der Waals surface area contributed by atoms with Crippen molar-refractivity contribution in [2.45, 2.75) is 147 Å². The molecule has 0 aliphatic heterocycles. The van der Waals surface area contributed by atoms with Crippen LogP contribution in [0.4, 0.5) is 0 Å². The van der Waals surface area contributed by atoms with Gasteiger partial charge in [-0.25, -0.2) is 0 Å². The van der Waals surface area contributed by atoms with Gasteiger partial charge in [0.15, 0.2) is 0 Å². The molecule has 2 atom stereocenters. The minimum Gasteiger partial charge on any atom is -0.0840 e. The highest BCUT2D eigenvalue weighted by molar-refractivity contribution is 6.45. The van der Waals surface area contributed by atoms with Crippen LogP contribution in [0.1, 0.15) is 136 Å². The molecule has 0 radical (unpaired) electrons. The van der Waals surface area contributed by atoms with Gasteiger partial charge in [0.25, 0.3) is 0 Å². The number of hydrogen-bond acceptors (Lipinski definition) is 0. The summed E-state index contributed by atoms with van der Waals surface area (Å²) in [4.78, 5) is 0. The van der Waals surface area contributed by atoms with E-state index in [9.17, 15) is 0 Å². The van der Waals surface area contributed by atoms with Crippen LogP contribution in [-0.4, -0.2) is 9.52 Å². The van der Waals surface area contributed by atoms with Crippen molar-refractivity contribution in [1.82, 2.24) is 0 Å². The Kier molecular flexibility index (Phi) is 14.3. The maximum absolute atomic E-state index is 2.54. The quantitative estimate of drug-likeness (QED) is 0.134. The number of allylic oxidation sites excluding steroid dienone is 8. The van der Waals surface area contributed by atoms with Crippen molar-refractivity contribution >= 4 is 9.52 Å². The zero-order valence-electron chi connectivity index (χ0n) is 22.0. The third kappa shape index (κ3) is 11.3. The van der Waals surface area contributed by atoms with Crippen LogP contribution in [0.25, 0.3) is 0 Å². The summed E-state index contributed by atoms with van der Waals surface area (Å²) in [5, 5.41) is 0.480. The molecule has 1 heteroatoms. The van der Waals surface area contributed by atoms with Crippen LogP contribution in [0.15, 0.2) is 47.6 Å². The molecule has 32 heavy (non-hydrogen) atoms. The van der Waals surface area contributed by atoms with Crippen LogP contribution in [0.3, 0.4) is 0 Å². The minimum atomic E-state index is -0.183. The molecule has 0 saturated heterocycles. The topological polar surface area (TPSA) is 0 Å². The third-order valence-electron chi connectivity index (χ3n) is 7.85. The van der Waals surface area contributed by atoms with Crippen molar-refractivity contribution in [3.8, 4) is 0 Å². The molecular formula is C31H54Si. The molecule has 0 N–H and O–H groups in total. The Labute approximate surface area is 203 Å². The molecule has 2 aliphatic carbocycles. The van der Waals surface area contributed by atoms with E-state index in [2.05, 4.69) is 57.2 Å². The highest BCUT2D eigenvalue weighted by Gasteiger charge is 2.29. The van der Waals surface area contributed by atoms with Crippen LogP contribution >= 0.6 is 0 Å². The molecule has 0 heterocycles. The first-order valence-corrected chi connectivity index (χ1v) is 15.9. The number of hydrogen-bond donors (Lipinski definition) is 0. The van der Waals surface area contributed by atoms with Gasteiger partial charge < -0.3 is 0 Å². The molecule has 2 unspecified atom stereocenters. The van der Waals surface area contributed by atoms with Gasteiger partial charge in [-0.2, -0.15) is 0 Å². The monoisotopic (exact) mass is 454 g/mol. The molecule has 0 bridgehead atoms. The van der Waals surface area contributed by atoms with Gasteiger partial charge in [-0.3, -0.25) is 0 Å². The van der Waals surface area contributed by atoms with Crippen molar-refractivity contribution in [1.29, 1.82) is 0 Å². The van der Waals surface area contributed by atoms with E-state index in [0.29, 0.717) is 5.04 Å². The Hall–Kier alpha value is -0.823. The van der Waals surface area contributed by atoms with E-state index in [1.165, 1.54) is 116 Å². The van der Waals surface area contributed by atoms with Crippen molar-refractivity contribution in [2.24, 2.45) is 0 Å². The van der Waals surface area contributed by atoms with Crippen molar-refractivity contribution < 1.29 is 0 Å². The Morgan fingerprint density at radius 1 is 0.781 bits per heavy atom. The van der Waals surface area contributed by atoms with Crippen LogP contribution in [0, 0.1) is 0 Å². The predicted octanol–water partition coefficient (Wildman–Crippen LogP) is 10.2. The molecule has 0 amide bonds. The van der Waals surface area contributed by atoms with Gasteiger partial charge in [0, 0.05) is 9.52 Å². The molecule has 182 valence electrons. The highest BCUT2D eigenvalue weighted by atomic mass is 28.2. The molecule has 0 saturated carbocycles. The van der Waals surface area contributed by atoms with E-state index < -0.39 is 0 Å². The molecule has 0 aromatic carbocycles. The molecular weight excluding hydrogens is 400 g/mol. The van der Waals surface area contributed by atoms with E-state index in [-0.39, 0.29) is 9.52 Å². The first kappa shape index (κ1) is 27.4. The maximum Gasteiger partial charge on any atom is 0.0447 e. The Morgan fingerprint density at radius 2 is 1.31 bits per heavy atom. The summed E-state index contributed by atoms with van der Waals surface area (Å²) in [6, 6.07) is 0. The number of unbranched alkanes of at least 4 members (excludes halogenated alkanes) is 15. The zero-order chi connectivity index (χ0) is 22.9. The lowest BCUT2D eigenvalue weighted by Crippen LogP contribution is -2.20. The molecule has 2 aliphatic rings. The minimum absolute atomic E-state index is 0.183. The van der Waals surface area contributed by atoms with E-state index in [0.717, 1.165) is 5.54 Å². The second-order valence-electron chi connectivity index (χ2n) is 11.1. The lowest BCUT2D eigenvalue weighted by molar-refractivity contribution is 0.529. The van der Waals surface area contributed by atoms with Crippen molar-refractivity contribution in [3.63, 3.8) is 0 Å². The molecule has 0 nitrogen and oxygen atoms in total. The van der Waals surface area contributed by atoms with Crippen LogP contribution in [0.5, 0.6) is 0 Å². The number of rotatable bonds is 19.